The van der Waals surface area contributed by atoms with Gasteiger partial charge in [0.1, 0.15) is 17.2 Å². The summed E-state index contributed by atoms with van der Waals surface area (Å²) in [6.45, 7) is -0.631. The van der Waals surface area contributed by atoms with E-state index in [1.54, 1.807) is 7.05 Å². The Labute approximate surface area is 121 Å². The molecule has 1 aromatic heterocycles. The highest BCUT2D eigenvalue weighted by molar-refractivity contribution is 7.89. The third-order valence-electron chi connectivity index (χ3n) is 2.51. The van der Waals surface area contributed by atoms with E-state index in [0.717, 1.165) is 0 Å². The van der Waals surface area contributed by atoms with E-state index in [2.05, 4.69) is 10.0 Å². The van der Waals surface area contributed by atoms with Gasteiger partial charge in [0.2, 0.25) is 10.0 Å². The van der Waals surface area contributed by atoms with Gasteiger partial charge < -0.3 is 19.7 Å². The minimum Gasteiger partial charge on any atom is -0.480 e. The number of nitrogens with zero attached hydrogens (tertiary/aromatic N) is 1. The minimum absolute atomic E-state index is 0.0539. The number of carboxylic acids is 1. The van der Waals surface area contributed by atoms with Crippen LogP contribution in [0.15, 0.2) is 17.2 Å². The van der Waals surface area contributed by atoms with Gasteiger partial charge in [-0.2, -0.15) is 0 Å². The van der Waals surface area contributed by atoms with Gasteiger partial charge in [0, 0.05) is 26.8 Å². The molecule has 0 aliphatic rings. The lowest BCUT2D eigenvalue weighted by Crippen LogP contribution is -2.28. The van der Waals surface area contributed by atoms with Crippen LogP contribution in [0, 0.1) is 0 Å². The van der Waals surface area contributed by atoms with Crippen molar-refractivity contribution in [2.75, 3.05) is 26.8 Å². The number of ether oxygens (including phenoxy) is 1. The molecular formula is C11H17N3O6S. The molecular weight excluding hydrogens is 302 g/mol. The van der Waals surface area contributed by atoms with E-state index in [-0.39, 0.29) is 23.7 Å². The molecule has 9 nitrogen and oxygen atoms in total. The Morgan fingerprint density at radius 3 is 2.67 bits per heavy atom. The lowest BCUT2D eigenvalue weighted by atomic mass is 10.4. The topological polar surface area (TPSA) is 127 Å². The van der Waals surface area contributed by atoms with Crippen LogP contribution >= 0.6 is 0 Å². The van der Waals surface area contributed by atoms with Gasteiger partial charge in [-0.1, -0.05) is 0 Å². The van der Waals surface area contributed by atoms with Crippen LogP contribution in [0.3, 0.4) is 0 Å². The second kappa shape index (κ2) is 7.20. The zero-order chi connectivity index (χ0) is 16.0. The first kappa shape index (κ1) is 17.1. The van der Waals surface area contributed by atoms with Crippen molar-refractivity contribution in [1.29, 1.82) is 0 Å². The fourth-order valence-corrected chi connectivity index (χ4v) is 2.61. The number of hydrogen-bond donors (Lipinski definition) is 3. The van der Waals surface area contributed by atoms with E-state index in [0.29, 0.717) is 0 Å². The van der Waals surface area contributed by atoms with Crippen molar-refractivity contribution in [3.63, 3.8) is 0 Å². The molecule has 118 valence electrons. The Hall–Kier alpha value is -1.91. The molecule has 0 atom stereocenters. The van der Waals surface area contributed by atoms with Crippen molar-refractivity contribution >= 4 is 21.9 Å². The molecule has 1 aromatic rings. The molecule has 0 aliphatic carbocycles. The molecule has 1 amide bonds. The zero-order valence-electron chi connectivity index (χ0n) is 11.6. The predicted octanol–water partition coefficient (Wildman–Crippen LogP) is -1.24. The van der Waals surface area contributed by atoms with Crippen molar-refractivity contribution in [1.82, 2.24) is 14.6 Å². The molecule has 1 heterocycles. The maximum absolute atomic E-state index is 12.0. The van der Waals surface area contributed by atoms with Crippen LogP contribution in [0.5, 0.6) is 0 Å². The largest absolute Gasteiger partial charge is 0.480 e. The highest BCUT2D eigenvalue weighted by Gasteiger charge is 2.19. The lowest BCUT2D eigenvalue weighted by Gasteiger charge is -2.04. The minimum atomic E-state index is -3.78. The fraction of sp³-hybridized carbons (Fsp3) is 0.455. The monoisotopic (exact) mass is 319 g/mol. The van der Waals surface area contributed by atoms with Gasteiger partial charge in [-0.25, -0.2) is 17.9 Å². The van der Waals surface area contributed by atoms with E-state index >= 15 is 0 Å². The first-order chi connectivity index (χ1) is 9.77. The number of nitrogens with one attached hydrogen (secondary N) is 2. The van der Waals surface area contributed by atoms with Crippen molar-refractivity contribution in [2.45, 2.75) is 4.90 Å². The summed E-state index contributed by atoms with van der Waals surface area (Å²) in [6, 6.07) is 1.25. The van der Waals surface area contributed by atoms with Crippen molar-refractivity contribution in [3.05, 3.63) is 18.0 Å². The highest BCUT2D eigenvalue weighted by atomic mass is 32.2. The average Bonchev–Trinajstić information content (AvgIpc) is 2.80. The van der Waals surface area contributed by atoms with Gasteiger partial charge in [0.25, 0.3) is 5.91 Å². The van der Waals surface area contributed by atoms with E-state index < -0.39 is 28.5 Å². The third-order valence-corrected chi connectivity index (χ3v) is 3.94. The van der Waals surface area contributed by atoms with Crippen LogP contribution in [0.2, 0.25) is 0 Å². The Kier molecular flexibility index (Phi) is 5.88. The third kappa shape index (κ3) is 4.85. The van der Waals surface area contributed by atoms with Gasteiger partial charge in [-0.15, -0.1) is 0 Å². The summed E-state index contributed by atoms with van der Waals surface area (Å²) in [5.41, 5.74) is 0.208. The van der Waals surface area contributed by atoms with Gasteiger partial charge in [0.15, 0.2) is 0 Å². The number of aryl methyl sites for hydroxylation is 1. The number of sulfonamides is 1. The average molecular weight is 319 g/mol. The van der Waals surface area contributed by atoms with Crippen LogP contribution in [-0.4, -0.2) is 56.8 Å². The number of aliphatic carboxylic acids is 1. The van der Waals surface area contributed by atoms with Gasteiger partial charge in [-0.3, -0.25) is 4.79 Å². The summed E-state index contributed by atoms with van der Waals surface area (Å²) in [5, 5.41) is 10.8. The van der Waals surface area contributed by atoms with E-state index in [1.807, 2.05) is 0 Å². The number of carboxylic acid groups (broad SMARTS) is 1. The Balaban J connectivity index is 2.66. The Morgan fingerprint density at radius 2 is 2.10 bits per heavy atom. The molecule has 0 radical (unpaired) electrons. The standard InChI is InChI=1S/C11H17N3O6S/c1-12-11(17)9-5-8(6-14(9)2)21(18,19)13-3-4-20-7-10(15)16/h5-6,13H,3-4,7H2,1-2H3,(H,12,17)(H,15,16). The smallest absolute Gasteiger partial charge is 0.329 e. The van der Waals surface area contributed by atoms with E-state index in [4.69, 9.17) is 9.84 Å². The summed E-state index contributed by atoms with van der Waals surface area (Å²) >= 11 is 0. The number of rotatable bonds is 8. The molecule has 0 spiro atoms. The molecule has 0 aliphatic heterocycles. The summed E-state index contributed by atoms with van der Waals surface area (Å²) in [7, 11) is -0.782. The SMILES string of the molecule is CNC(=O)c1cc(S(=O)(=O)NCCOCC(=O)O)cn1C. The van der Waals surface area contributed by atoms with Gasteiger partial charge in [0.05, 0.1) is 6.61 Å². The second-order valence-electron chi connectivity index (χ2n) is 4.10. The van der Waals surface area contributed by atoms with Crippen molar-refractivity contribution in [3.8, 4) is 0 Å². The first-order valence-corrected chi connectivity index (χ1v) is 7.44. The molecule has 21 heavy (non-hydrogen) atoms. The Bertz CT molecular complexity index is 622. The molecule has 0 aromatic carbocycles. The fourth-order valence-electron chi connectivity index (χ4n) is 1.53. The molecule has 0 bridgehead atoms. The Morgan fingerprint density at radius 1 is 1.43 bits per heavy atom. The molecule has 0 saturated heterocycles. The highest BCUT2D eigenvalue weighted by Crippen LogP contribution is 2.13. The summed E-state index contributed by atoms with van der Waals surface area (Å²) in [4.78, 5) is 21.7. The van der Waals surface area contributed by atoms with Crippen molar-refractivity contribution in [2.24, 2.45) is 7.05 Å². The van der Waals surface area contributed by atoms with Crippen LogP contribution in [0.25, 0.3) is 0 Å². The summed E-state index contributed by atoms with van der Waals surface area (Å²) in [5.74, 6) is -1.53. The van der Waals surface area contributed by atoms with Crippen LogP contribution in [-0.2, 0) is 26.6 Å². The maximum Gasteiger partial charge on any atom is 0.329 e. The number of carbonyl (C=O) groups excluding carboxylic acids is 1. The van der Waals surface area contributed by atoms with E-state index in [1.165, 1.54) is 23.9 Å². The summed E-state index contributed by atoms with van der Waals surface area (Å²) in [6.07, 6.45) is 1.31. The molecule has 0 unspecified atom stereocenters. The van der Waals surface area contributed by atoms with Gasteiger partial charge in [-0.05, 0) is 6.07 Å². The van der Waals surface area contributed by atoms with Crippen LogP contribution in [0.4, 0.5) is 0 Å². The number of aromatic nitrogens is 1. The molecule has 10 heteroatoms. The quantitative estimate of drug-likeness (QED) is 0.515. The van der Waals surface area contributed by atoms with Crippen LogP contribution < -0.4 is 10.0 Å². The molecule has 3 N–H and O–H groups in total. The second-order valence-corrected chi connectivity index (χ2v) is 5.86. The lowest BCUT2D eigenvalue weighted by molar-refractivity contribution is -0.142. The number of carbonyl (C=O) groups is 2. The molecule has 1 rings (SSSR count). The predicted molar refractivity (Wildman–Crippen MR) is 72.4 cm³/mol. The molecule has 0 fully saturated rings. The summed E-state index contributed by atoms with van der Waals surface area (Å²) < 4.78 is 32.3. The normalized spacial score (nSPS) is 11.3. The maximum atomic E-state index is 12.0. The first-order valence-electron chi connectivity index (χ1n) is 5.95. The van der Waals surface area contributed by atoms with E-state index in [9.17, 15) is 18.0 Å². The van der Waals surface area contributed by atoms with Crippen molar-refractivity contribution < 1.29 is 27.9 Å². The number of amides is 1. The van der Waals surface area contributed by atoms with Crippen LogP contribution in [0.1, 0.15) is 10.5 Å². The number of hydrogen-bond acceptors (Lipinski definition) is 5. The zero-order valence-corrected chi connectivity index (χ0v) is 12.4. The molecule has 0 saturated carbocycles. The van der Waals surface area contributed by atoms with Gasteiger partial charge >= 0.3 is 5.97 Å².